The van der Waals surface area contributed by atoms with Gasteiger partial charge in [-0.15, -0.1) is 0 Å². The highest BCUT2D eigenvalue weighted by Gasteiger charge is 2.42. The van der Waals surface area contributed by atoms with E-state index in [1.54, 1.807) is 4.90 Å². The Kier molecular flexibility index (Phi) is 10.9. The number of carbonyl (C=O) groups excluding carboxylic acids is 3. The van der Waals surface area contributed by atoms with E-state index in [9.17, 15) is 19.2 Å². The van der Waals surface area contributed by atoms with Crippen molar-refractivity contribution in [2.75, 3.05) is 70.5 Å². The number of carbonyl (C=O) groups is 4. The fraction of sp³-hybridized carbons (Fsp3) is 0.576. The number of aromatic nitrogens is 2. The van der Waals surface area contributed by atoms with E-state index in [1.165, 1.54) is 6.33 Å². The molecule has 3 fully saturated rings. The number of nitrogens with zero attached hydrogens (tertiary/aromatic N) is 6. The van der Waals surface area contributed by atoms with Gasteiger partial charge in [-0.2, -0.15) is 0 Å². The highest BCUT2D eigenvalue weighted by molar-refractivity contribution is 6.31. The number of likely N-dealkylation sites (tertiary alicyclic amines) is 3. The average Bonchev–Trinajstić information content (AvgIpc) is 3.59. The topological polar surface area (TPSA) is 136 Å². The van der Waals surface area contributed by atoms with Crippen LogP contribution in [0.25, 0.3) is 0 Å². The Hall–Kier alpha value is -3.61. The summed E-state index contributed by atoms with van der Waals surface area (Å²) in [5, 5.41) is 9.34. The SMILES string of the molecule is Cc1ccc(N(CCCN2CC3CN(C(=O)c4c(C)ncnc4C)CC3C2)C(=O)C2CCN(C(=O)COCC(=O)O)CC2)cc1Cl. The van der Waals surface area contributed by atoms with E-state index in [-0.39, 0.29) is 30.2 Å². The quantitative estimate of drug-likeness (QED) is 0.388. The number of rotatable bonds is 11. The van der Waals surface area contributed by atoms with Crippen molar-refractivity contribution < 1.29 is 29.0 Å². The van der Waals surface area contributed by atoms with Crippen molar-refractivity contribution in [2.24, 2.45) is 17.8 Å². The van der Waals surface area contributed by atoms with Gasteiger partial charge in [-0.3, -0.25) is 14.4 Å². The van der Waals surface area contributed by atoms with Gasteiger partial charge in [0.05, 0.1) is 17.0 Å². The van der Waals surface area contributed by atoms with Gasteiger partial charge in [-0.05, 0) is 76.1 Å². The van der Waals surface area contributed by atoms with E-state index in [0.29, 0.717) is 66.3 Å². The lowest BCUT2D eigenvalue weighted by Gasteiger charge is -2.34. The van der Waals surface area contributed by atoms with Crippen LogP contribution in [0.5, 0.6) is 0 Å². The summed E-state index contributed by atoms with van der Waals surface area (Å²) in [5.74, 6) is -0.738. The number of hydrogen-bond donors (Lipinski definition) is 1. The molecule has 13 heteroatoms. The molecule has 3 amide bonds. The Morgan fingerprint density at radius 2 is 1.61 bits per heavy atom. The lowest BCUT2D eigenvalue weighted by atomic mass is 9.94. The fourth-order valence-electron chi connectivity index (χ4n) is 6.98. The summed E-state index contributed by atoms with van der Waals surface area (Å²) in [6.45, 7) is 10.4. The summed E-state index contributed by atoms with van der Waals surface area (Å²) in [5.41, 5.74) is 3.75. The Morgan fingerprint density at radius 3 is 2.22 bits per heavy atom. The van der Waals surface area contributed by atoms with Crippen molar-refractivity contribution in [3.05, 3.63) is 52.1 Å². The van der Waals surface area contributed by atoms with Crippen LogP contribution in [0, 0.1) is 38.5 Å². The summed E-state index contributed by atoms with van der Waals surface area (Å²) in [4.78, 5) is 66.6. The summed E-state index contributed by atoms with van der Waals surface area (Å²) in [7, 11) is 0. The molecular weight excluding hydrogens is 612 g/mol. The molecule has 2 unspecified atom stereocenters. The molecule has 0 spiro atoms. The minimum absolute atomic E-state index is 0.0178. The number of piperidine rings is 1. The predicted molar refractivity (Wildman–Crippen MR) is 172 cm³/mol. The molecule has 0 aliphatic carbocycles. The first kappa shape index (κ1) is 33.7. The first-order chi connectivity index (χ1) is 22.0. The normalized spacial score (nSPS) is 20.2. The lowest BCUT2D eigenvalue weighted by Crippen LogP contribution is -2.46. The molecule has 2 atom stereocenters. The van der Waals surface area contributed by atoms with E-state index in [2.05, 4.69) is 14.9 Å². The standard InChI is InChI=1S/C33H43ClN6O6/c1-21-5-6-27(13-28(21)34)40(32(44)24-7-11-38(12-8-24)29(41)18-46-19-30(42)43)10-4-9-37-14-25-16-39(17-26(25)15-37)33(45)31-22(2)35-20-36-23(31)3/h5-6,13,20,24-26H,4,7-12,14-19H2,1-3H3,(H,42,43). The molecule has 3 aliphatic rings. The van der Waals surface area contributed by atoms with Crippen LogP contribution in [0.3, 0.4) is 0 Å². The van der Waals surface area contributed by atoms with Crippen molar-refractivity contribution in [1.82, 2.24) is 24.7 Å². The zero-order valence-electron chi connectivity index (χ0n) is 26.8. The molecule has 1 N–H and O–H groups in total. The lowest BCUT2D eigenvalue weighted by molar-refractivity contribution is -0.146. The zero-order valence-corrected chi connectivity index (χ0v) is 27.5. The third kappa shape index (κ3) is 7.84. The number of carboxylic acids is 1. The van der Waals surface area contributed by atoms with Gasteiger partial charge >= 0.3 is 5.97 Å². The largest absolute Gasteiger partial charge is 0.480 e. The molecule has 248 valence electrons. The predicted octanol–water partition coefficient (Wildman–Crippen LogP) is 2.82. The zero-order chi connectivity index (χ0) is 33.0. The molecule has 0 saturated carbocycles. The van der Waals surface area contributed by atoms with Crippen LogP contribution in [0.1, 0.15) is 46.6 Å². The van der Waals surface area contributed by atoms with Gasteiger partial charge < -0.3 is 29.4 Å². The first-order valence-corrected chi connectivity index (χ1v) is 16.3. The number of halogens is 1. The van der Waals surface area contributed by atoms with Gasteiger partial charge in [0, 0.05) is 62.4 Å². The van der Waals surface area contributed by atoms with Crippen molar-refractivity contribution in [3.8, 4) is 0 Å². The monoisotopic (exact) mass is 654 g/mol. The number of fused-ring (bicyclic) bond motifs is 1. The summed E-state index contributed by atoms with van der Waals surface area (Å²) < 4.78 is 4.95. The minimum atomic E-state index is -1.12. The van der Waals surface area contributed by atoms with Crippen molar-refractivity contribution in [2.45, 2.75) is 40.0 Å². The van der Waals surface area contributed by atoms with Crippen LogP contribution in [-0.4, -0.2) is 119 Å². The van der Waals surface area contributed by atoms with Crippen LogP contribution in [0.4, 0.5) is 5.69 Å². The molecular formula is C33H43ClN6O6. The second-order valence-electron chi connectivity index (χ2n) is 12.7. The first-order valence-electron chi connectivity index (χ1n) is 16.0. The maximum absolute atomic E-state index is 13.9. The number of hydrogen-bond acceptors (Lipinski definition) is 8. The Labute approximate surface area is 274 Å². The van der Waals surface area contributed by atoms with Gasteiger partial charge in [0.25, 0.3) is 5.91 Å². The molecule has 0 radical (unpaired) electrons. The molecule has 1 aromatic carbocycles. The summed E-state index contributed by atoms with van der Waals surface area (Å²) >= 11 is 6.47. The van der Waals surface area contributed by atoms with E-state index >= 15 is 0 Å². The Morgan fingerprint density at radius 1 is 0.957 bits per heavy atom. The van der Waals surface area contributed by atoms with E-state index in [1.807, 2.05) is 48.8 Å². The average molecular weight is 655 g/mol. The molecule has 4 heterocycles. The number of ether oxygens (including phenoxy) is 1. The highest BCUT2D eigenvalue weighted by atomic mass is 35.5. The molecule has 5 rings (SSSR count). The number of aliphatic carboxylic acids is 1. The van der Waals surface area contributed by atoms with Gasteiger partial charge in [0.1, 0.15) is 19.5 Å². The molecule has 3 saturated heterocycles. The van der Waals surface area contributed by atoms with Crippen LogP contribution < -0.4 is 4.90 Å². The molecule has 2 aromatic rings. The van der Waals surface area contributed by atoms with Crippen molar-refractivity contribution in [3.63, 3.8) is 0 Å². The van der Waals surface area contributed by atoms with Crippen LogP contribution in [0.15, 0.2) is 24.5 Å². The van der Waals surface area contributed by atoms with Gasteiger partial charge in [0.15, 0.2) is 0 Å². The third-order valence-corrected chi connectivity index (χ3v) is 9.93. The maximum atomic E-state index is 13.9. The fourth-order valence-corrected chi connectivity index (χ4v) is 7.16. The van der Waals surface area contributed by atoms with Gasteiger partial charge in [-0.25, -0.2) is 14.8 Å². The summed E-state index contributed by atoms with van der Waals surface area (Å²) in [6.07, 6.45) is 3.34. The number of benzene rings is 1. The second-order valence-corrected chi connectivity index (χ2v) is 13.1. The third-order valence-electron chi connectivity index (χ3n) is 9.53. The van der Waals surface area contributed by atoms with E-state index in [4.69, 9.17) is 21.4 Å². The molecule has 46 heavy (non-hydrogen) atoms. The van der Waals surface area contributed by atoms with Crippen LogP contribution in [-0.2, 0) is 19.1 Å². The Bertz CT molecular complexity index is 1430. The molecule has 1 aromatic heterocycles. The number of anilines is 1. The molecule has 0 bridgehead atoms. The molecule has 12 nitrogen and oxygen atoms in total. The minimum Gasteiger partial charge on any atom is -0.480 e. The van der Waals surface area contributed by atoms with Gasteiger partial charge in [0.2, 0.25) is 11.8 Å². The highest BCUT2D eigenvalue weighted by Crippen LogP contribution is 2.33. The van der Waals surface area contributed by atoms with E-state index < -0.39 is 12.6 Å². The van der Waals surface area contributed by atoms with Crippen LogP contribution in [0.2, 0.25) is 5.02 Å². The van der Waals surface area contributed by atoms with Crippen LogP contribution >= 0.6 is 11.6 Å². The smallest absolute Gasteiger partial charge is 0.329 e. The number of aryl methyl sites for hydroxylation is 3. The second kappa shape index (κ2) is 14.9. The van der Waals surface area contributed by atoms with E-state index in [0.717, 1.165) is 50.4 Å². The van der Waals surface area contributed by atoms with Crippen molar-refractivity contribution >= 4 is 41.0 Å². The molecule has 3 aliphatic heterocycles. The summed E-state index contributed by atoms with van der Waals surface area (Å²) in [6, 6.07) is 5.71. The number of amides is 3. The number of carboxylic acid groups (broad SMARTS) is 1. The van der Waals surface area contributed by atoms with Gasteiger partial charge in [-0.1, -0.05) is 17.7 Å². The Balaban J connectivity index is 1.14. The maximum Gasteiger partial charge on any atom is 0.329 e. The van der Waals surface area contributed by atoms with Crippen molar-refractivity contribution in [1.29, 1.82) is 0 Å².